The Kier molecular flexibility index (Phi) is 5.89. The first kappa shape index (κ1) is 22.9. The van der Waals surface area contributed by atoms with Crippen LogP contribution >= 0.6 is 11.6 Å². The van der Waals surface area contributed by atoms with Crippen molar-refractivity contribution in [1.82, 2.24) is 9.80 Å². The standard InChI is InChI=1S/C23H33ClN2O4/c1-21(2,3)23(29)18(15-8-7-9-16(24)14-15)26(19(23)27)17-10-12-25(13-11-17)20(28)30-22(4,5)6/h7-9,14,17-18,29H,10-13H2,1-6H3. The van der Waals surface area contributed by atoms with E-state index in [2.05, 4.69) is 0 Å². The van der Waals surface area contributed by atoms with Crippen LogP contribution in [0.25, 0.3) is 0 Å². The summed E-state index contributed by atoms with van der Waals surface area (Å²) in [5.41, 5.74) is -1.85. The first-order valence-electron chi connectivity index (χ1n) is 10.5. The number of hydrogen-bond acceptors (Lipinski definition) is 4. The molecule has 0 saturated carbocycles. The Bertz CT molecular complexity index is 821. The van der Waals surface area contributed by atoms with Crippen molar-refractivity contribution in [3.8, 4) is 0 Å². The SMILES string of the molecule is CC(C)(C)OC(=O)N1CCC(N2C(=O)C(O)(C(C)(C)C)C2c2cccc(Cl)c2)CC1. The number of rotatable bonds is 2. The summed E-state index contributed by atoms with van der Waals surface area (Å²) >= 11 is 6.21. The van der Waals surface area contributed by atoms with Gasteiger partial charge in [0.2, 0.25) is 0 Å². The molecule has 0 aromatic heterocycles. The van der Waals surface area contributed by atoms with Crippen LogP contribution in [0.5, 0.6) is 0 Å². The highest BCUT2D eigenvalue weighted by molar-refractivity contribution is 6.30. The van der Waals surface area contributed by atoms with Crippen LogP contribution in [0.1, 0.15) is 66.0 Å². The second-order valence-corrected chi connectivity index (χ2v) is 10.8. The fraction of sp³-hybridized carbons (Fsp3) is 0.652. The number of carbonyl (C=O) groups is 2. The van der Waals surface area contributed by atoms with Crippen molar-refractivity contribution in [2.24, 2.45) is 5.41 Å². The van der Waals surface area contributed by atoms with Gasteiger partial charge in [0.1, 0.15) is 5.60 Å². The van der Waals surface area contributed by atoms with Crippen LogP contribution in [0.2, 0.25) is 5.02 Å². The average molecular weight is 437 g/mol. The maximum atomic E-state index is 13.2. The number of β-lactam (4-membered cyclic amide) rings is 1. The van der Waals surface area contributed by atoms with Crippen LogP contribution in [0.3, 0.4) is 0 Å². The first-order chi connectivity index (χ1) is 13.8. The fourth-order valence-electron chi connectivity index (χ4n) is 4.41. The topological polar surface area (TPSA) is 70.1 Å². The lowest BCUT2D eigenvalue weighted by atomic mass is 9.62. The minimum Gasteiger partial charge on any atom is -0.444 e. The van der Waals surface area contributed by atoms with E-state index in [9.17, 15) is 14.7 Å². The van der Waals surface area contributed by atoms with Gasteiger partial charge in [0.05, 0.1) is 6.04 Å². The number of aliphatic hydroxyl groups is 1. The van der Waals surface area contributed by atoms with Gasteiger partial charge in [0.15, 0.2) is 5.60 Å². The molecule has 2 atom stereocenters. The summed E-state index contributed by atoms with van der Waals surface area (Å²) in [6.45, 7) is 12.2. The smallest absolute Gasteiger partial charge is 0.410 e. The van der Waals surface area contributed by atoms with E-state index >= 15 is 0 Å². The minimum atomic E-state index is -1.50. The predicted molar refractivity (Wildman–Crippen MR) is 116 cm³/mol. The molecule has 2 aliphatic rings. The zero-order valence-electron chi connectivity index (χ0n) is 18.7. The summed E-state index contributed by atoms with van der Waals surface area (Å²) in [6, 6.07) is 6.82. The molecule has 1 N–H and O–H groups in total. The Balaban J connectivity index is 1.80. The van der Waals surface area contributed by atoms with Gasteiger partial charge < -0.3 is 19.6 Å². The van der Waals surface area contributed by atoms with Crippen molar-refractivity contribution < 1.29 is 19.4 Å². The highest BCUT2D eigenvalue weighted by atomic mass is 35.5. The minimum absolute atomic E-state index is 0.0530. The molecule has 2 fully saturated rings. The molecular formula is C23H33ClN2O4. The summed E-state index contributed by atoms with van der Waals surface area (Å²) in [7, 11) is 0. The zero-order valence-corrected chi connectivity index (χ0v) is 19.5. The van der Waals surface area contributed by atoms with E-state index in [1.165, 1.54) is 0 Å². The van der Waals surface area contributed by atoms with Gasteiger partial charge in [-0.2, -0.15) is 0 Å². The summed E-state index contributed by atoms with van der Waals surface area (Å²) in [4.78, 5) is 29.1. The molecule has 7 heteroatoms. The van der Waals surface area contributed by atoms with Gasteiger partial charge in [-0.05, 0) is 51.3 Å². The van der Waals surface area contributed by atoms with E-state index in [0.29, 0.717) is 31.0 Å². The summed E-state index contributed by atoms with van der Waals surface area (Å²) in [5.74, 6) is -0.254. The molecule has 2 aliphatic heterocycles. The van der Waals surface area contributed by atoms with Gasteiger partial charge in [-0.15, -0.1) is 0 Å². The molecule has 1 aromatic rings. The van der Waals surface area contributed by atoms with Crippen LogP contribution in [0.4, 0.5) is 4.79 Å². The number of likely N-dealkylation sites (tertiary alicyclic amines) is 2. The molecule has 2 amide bonds. The van der Waals surface area contributed by atoms with Gasteiger partial charge in [-0.3, -0.25) is 4.79 Å². The number of hydrogen-bond donors (Lipinski definition) is 1. The van der Waals surface area contributed by atoms with Crippen molar-refractivity contribution in [2.45, 2.75) is 77.7 Å². The molecule has 30 heavy (non-hydrogen) atoms. The molecule has 166 valence electrons. The van der Waals surface area contributed by atoms with Crippen LogP contribution in [0.15, 0.2) is 24.3 Å². The average Bonchev–Trinajstić information content (AvgIpc) is 2.62. The molecule has 1 aromatic carbocycles. The number of carbonyl (C=O) groups excluding carboxylic acids is 2. The van der Waals surface area contributed by atoms with Crippen molar-refractivity contribution in [3.05, 3.63) is 34.9 Å². The lowest BCUT2D eigenvalue weighted by Gasteiger charge is -2.61. The summed E-state index contributed by atoms with van der Waals surface area (Å²) in [5, 5.41) is 12.0. The van der Waals surface area contributed by atoms with Gasteiger partial charge in [-0.25, -0.2) is 4.79 Å². The second-order valence-electron chi connectivity index (χ2n) is 10.4. The maximum Gasteiger partial charge on any atom is 0.410 e. The van der Waals surface area contributed by atoms with Gasteiger partial charge >= 0.3 is 6.09 Å². The van der Waals surface area contributed by atoms with E-state index < -0.39 is 22.7 Å². The molecular weight excluding hydrogens is 404 g/mol. The van der Waals surface area contributed by atoms with Crippen LogP contribution < -0.4 is 0 Å². The predicted octanol–water partition coefficient (Wildman–Crippen LogP) is 4.40. The van der Waals surface area contributed by atoms with Gasteiger partial charge in [0, 0.05) is 29.6 Å². The van der Waals surface area contributed by atoms with Crippen molar-refractivity contribution in [1.29, 1.82) is 0 Å². The van der Waals surface area contributed by atoms with Crippen LogP contribution in [0, 0.1) is 5.41 Å². The van der Waals surface area contributed by atoms with E-state index in [4.69, 9.17) is 16.3 Å². The molecule has 0 aliphatic carbocycles. The van der Waals surface area contributed by atoms with E-state index in [1.54, 1.807) is 15.9 Å². The first-order valence-corrected chi connectivity index (χ1v) is 10.9. The van der Waals surface area contributed by atoms with E-state index in [1.807, 2.05) is 59.7 Å². The fourth-order valence-corrected chi connectivity index (χ4v) is 4.60. The normalized spacial score (nSPS) is 25.9. The van der Waals surface area contributed by atoms with Crippen molar-refractivity contribution >= 4 is 23.6 Å². The zero-order chi connectivity index (χ0) is 22.5. The third kappa shape index (κ3) is 4.04. The summed E-state index contributed by atoms with van der Waals surface area (Å²) in [6.07, 6.45) is 0.957. The van der Waals surface area contributed by atoms with Gasteiger partial charge in [0.25, 0.3) is 5.91 Å². The van der Waals surface area contributed by atoms with Gasteiger partial charge in [-0.1, -0.05) is 44.5 Å². The van der Waals surface area contributed by atoms with Crippen LogP contribution in [-0.2, 0) is 9.53 Å². The second kappa shape index (κ2) is 7.72. The number of nitrogens with zero attached hydrogens (tertiary/aromatic N) is 2. The number of benzene rings is 1. The Morgan fingerprint density at radius 2 is 1.77 bits per heavy atom. The van der Waals surface area contributed by atoms with E-state index in [-0.39, 0.29) is 18.0 Å². The maximum absolute atomic E-state index is 13.2. The van der Waals surface area contributed by atoms with Crippen molar-refractivity contribution in [3.63, 3.8) is 0 Å². The molecule has 2 saturated heterocycles. The molecule has 0 spiro atoms. The number of halogens is 1. The Labute approximate surface area is 184 Å². The molecule has 6 nitrogen and oxygen atoms in total. The largest absolute Gasteiger partial charge is 0.444 e. The quantitative estimate of drug-likeness (QED) is 0.697. The third-order valence-corrected chi connectivity index (χ3v) is 6.29. The Morgan fingerprint density at radius 1 is 1.17 bits per heavy atom. The monoisotopic (exact) mass is 436 g/mol. The Hall–Kier alpha value is -1.79. The van der Waals surface area contributed by atoms with E-state index in [0.717, 1.165) is 5.56 Å². The highest BCUT2D eigenvalue weighted by Gasteiger charge is 2.67. The molecule has 0 radical (unpaired) electrons. The van der Waals surface area contributed by atoms with Crippen LogP contribution in [-0.4, -0.2) is 57.2 Å². The molecule has 2 unspecified atom stereocenters. The van der Waals surface area contributed by atoms with Crippen molar-refractivity contribution in [2.75, 3.05) is 13.1 Å². The molecule has 2 heterocycles. The molecule has 3 rings (SSSR count). The Morgan fingerprint density at radius 3 is 2.27 bits per heavy atom. The lowest BCUT2D eigenvalue weighted by Crippen LogP contribution is -2.75. The summed E-state index contributed by atoms with van der Waals surface area (Å²) < 4.78 is 5.47. The third-order valence-electron chi connectivity index (χ3n) is 6.05. The molecule has 0 bridgehead atoms. The number of piperidine rings is 1. The highest BCUT2D eigenvalue weighted by Crippen LogP contribution is 2.54. The number of amides is 2. The number of ether oxygens (including phenoxy) is 1. The lowest BCUT2D eigenvalue weighted by molar-refractivity contribution is -0.225.